The van der Waals surface area contributed by atoms with E-state index in [9.17, 15) is 18.0 Å². The minimum absolute atomic E-state index is 0.0242. The van der Waals surface area contributed by atoms with Crippen LogP contribution in [0.1, 0.15) is 75.4 Å². The number of sulfonamides is 1. The second-order valence-electron chi connectivity index (χ2n) is 8.63. The van der Waals surface area contributed by atoms with E-state index in [2.05, 4.69) is 15.4 Å². The monoisotopic (exact) mass is 425 g/mol. The highest BCUT2D eigenvalue weighted by atomic mass is 32.2. The Hall–Kier alpha value is -1.93. The fourth-order valence-corrected chi connectivity index (χ4v) is 3.46. The van der Waals surface area contributed by atoms with Crippen LogP contribution in [-0.4, -0.2) is 37.6 Å². The Morgan fingerprint density at radius 1 is 1.07 bits per heavy atom. The van der Waals surface area contributed by atoms with E-state index in [0.717, 1.165) is 11.1 Å². The molecule has 0 spiro atoms. The van der Waals surface area contributed by atoms with Gasteiger partial charge in [0.05, 0.1) is 4.75 Å². The van der Waals surface area contributed by atoms with Crippen LogP contribution in [0.3, 0.4) is 0 Å². The molecule has 0 aromatic heterocycles. The summed E-state index contributed by atoms with van der Waals surface area (Å²) in [5.74, 6) is -0.324. The molecule has 0 aliphatic heterocycles. The number of amides is 2. The van der Waals surface area contributed by atoms with Gasteiger partial charge < -0.3 is 10.6 Å². The summed E-state index contributed by atoms with van der Waals surface area (Å²) in [7, 11) is -3.37. The highest BCUT2D eigenvalue weighted by molar-refractivity contribution is 7.90. The summed E-state index contributed by atoms with van der Waals surface area (Å²) in [6.07, 6.45) is 1.40. The molecule has 8 heteroatoms. The van der Waals surface area contributed by atoms with Crippen LogP contribution in [0.2, 0.25) is 0 Å². The molecule has 0 unspecified atom stereocenters. The van der Waals surface area contributed by atoms with Gasteiger partial charge in [-0.05, 0) is 84.6 Å². The Morgan fingerprint density at radius 2 is 1.69 bits per heavy atom. The van der Waals surface area contributed by atoms with Crippen molar-refractivity contribution in [3.63, 3.8) is 0 Å². The number of unbranched alkanes of at least 4 members (excludes halogenated alkanes) is 1. The molecule has 0 aliphatic carbocycles. The number of benzene rings is 1. The number of anilines is 1. The van der Waals surface area contributed by atoms with E-state index < -0.39 is 14.8 Å². The average Bonchev–Trinajstić information content (AvgIpc) is 2.55. The molecule has 0 fully saturated rings. The fraction of sp³-hybridized carbons (Fsp3) is 0.619. The number of hydrogen-bond acceptors (Lipinski definition) is 4. The van der Waals surface area contributed by atoms with Gasteiger partial charge in [-0.3, -0.25) is 9.59 Å². The highest BCUT2D eigenvalue weighted by Gasteiger charge is 2.28. The maximum atomic E-state index is 12.4. The summed E-state index contributed by atoms with van der Waals surface area (Å²) >= 11 is 0. The summed E-state index contributed by atoms with van der Waals surface area (Å²) in [5, 5.41) is 5.74. The Balaban J connectivity index is 2.63. The van der Waals surface area contributed by atoms with Gasteiger partial charge in [-0.1, -0.05) is 0 Å². The predicted octanol–water partition coefficient (Wildman–Crippen LogP) is 3.27. The van der Waals surface area contributed by atoms with Gasteiger partial charge in [0.1, 0.15) is 0 Å². The molecular weight excluding hydrogens is 390 g/mol. The maximum absolute atomic E-state index is 12.4. The Labute approximate surface area is 175 Å². The molecule has 0 saturated heterocycles. The lowest BCUT2D eigenvalue weighted by molar-refractivity contribution is -0.116. The molecule has 0 bridgehead atoms. The van der Waals surface area contributed by atoms with Crippen molar-refractivity contribution in [2.24, 2.45) is 0 Å². The smallest absolute Gasteiger partial charge is 0.251 e. The molecule has 7 nitrogen and oxygen atoms in total. The van der Waals surface area contributed by atoms with Gasteiger partial charge in [0.2, 0.25) is 15.9 Å². The van der Waals surface area contributed by atoms with Crippen LogP contribution in [-0.2, 0) is 14.8 Å². The Bertz CT molecular complexity index is 840. The molecular formula is C21H35N3O4S. The second-order valence-corrected chi connectivity index (χ2v) is 11.1. The minimum atomic E-state index is -3.37. The minimum Gasteiger partial charge on any atom is -0.350 e. The molecule has 0 saturated carbocycles. The Morgan fingerprint density at radius 3 is 2.24 bits per heavy atom. The Kier molecular flexibility index (Phi) is 8.84. The second kappa shape index (κ2) is 10.2. The average molecular weight is 426 g/mol. The third-order valence-corrected chi connectivity index (χ3v) is 6.62. The molecule has 164 valence electrons. The first-order valence-corrected chi connectivity index (χ1v) is 11.4. The van der Waals surface area contributed by atoms with Gasteiger partial charge in [-0.15, -0.1) is 0 Å². The van der Waals surface area contributed by atoms with Crippen molar-refractivity contribution in [3.8, 4) is 0 Å². The van der Waals surface area contributed by atoms with Crippen LogP contribution in [0.25, 0.3) is 0 Å². The lowest BCUT2D eigenvalue weighted by Gasteiger charge is -2.19. The normalized spacial score (nSPS) is 12.1. The van der Waals surface area contributed by atoms with E-state index in [0.29, 0.717) is 30.6 Å². The first kappa shape index (κ1) is 25.1. The van der Waals surface area contributed by atoms with Crippen LogP contribution < -0.4 is 15.4 Å². The molecule has 0 atom stereocenters. The predicted molar refractivity (Wildman–Crippen MR) is 118 cm³/mol. The van der Waals surface area contributed by atoms with Crippen molar-refractivity contribution in [3.05, 3.63) is 28.8 Å². The topological polar surface area (TPSA) is 104 Å². The van der Waals surface area contributed by atoms with E-state index in [1.165, 1.54) is 0 Å². The molecule has 3 N–H and O–H groups in total. The molecule has 2 amide bonds. The van der Waals surface area contributed by atoms with Gasteiger partial charge in [-0.25, -0.2) is 13.1 Å². The lowest BCUT2D eigenvalue weighted by atomic mass is 10.0. The number of aryl methyl sites for hydroxylation is 1. The van der Waals surface area contributed by atoms with Crippen molar-refractivity contribution in [2.45, 2.75) is 78.5 Å². The van der Waals surface area contributed by atoms with Crippen molar-refractivity contribution in [1.82, 2.24) is 10.0 Å². The number of carbonyl (C=O) groups excluding carboxylic acids is 2. The van der Waals surface area contributed by atoms with Gasteiger partial charge in [-0.2, -0.15) is 0 Å². The summed E-state index contributed by atoms with van der Waals surface area (Å²) in [4.78, 5) is 24.7. The molecule has 0 radical (unpaired) electrons. The number of rotatable bonds is 9. The molecule has 1 aromatic rings. The number of nitrogens with one attached hydrogen (secondary N) is 3. The van der Waals surface area contributed by atoms with Gasteiger partial charge >= 0.3 is 0 Å². The van der Waals surface area contributed by atoms with Crippen LogP contribution in [0.5, 0.6) is 0 Å². The van der Waals surface area contributed by atoms with Crippen LogP contribution in [0.15, 0.2) is 12.1 Å². The molecule has 0 heterocycles. The van der Waals surface area contributed by atoms with Crippen molar-refractivity contribution in [1.29, 1.82) is 0 Å². The summed E-state index contributed by atoms with van der Waals surface area (Å²) < 4.78 is 25.7. The number of hydrogen-bond donors (Lipinski definition) is 3. The zero-order valence-corrected chi connectivity index (χ0v) is 19.4. The largest absolute Gasteiger partial charge is 0.350 e. The first-order chi connectivity index (χ1) is 13.2. The fourth-order valence-electron chi connectivity index (χ4n) is 2.61. The zero-order chi connectivity index (χ0) is 22.4. The van der Waals surface area contributed by atoms with Gasteiger partial charge in [0.15, 0.2) is 0 Å². The SMILES string of the molecule is Cc1cc(NC(=O)CCCCNS(=O)(=O)C(C)(C)C)c(C)c(C(=O)NC(C)C)c1. The van der Waals surface area contributed by atoms with E-state index in [-0.39, 0.29) is 24.3 Å². The molecule has 1 rings (SSSR count). The van der Waals surface area contributed by atoms with Gasteiger partial charge in [0.25, 0.3) is 5.91 Å². The molecule has 0 aliphatic rings. The quantitative estimate of drug-likeness (QED) is 0.528. The third kappa shape index (κ3) is 7.78. The van der Waals surface area contributed by atoms with E-state index >= 15 is 0 Å². The van der Waals surface area contributed by atoms with E-state index in [1.807, 2.05) is 39.8 Å². The standard InChI is InChI=1S/C21H35N3O4S/c1-14(2)23-20(26)17-12-15(3)13-18(16(17)4)24-19(25)10-8-9-11-22-29(27,28)21(5,6)7/h12-14,22H,8-11H2,1-7H3,(H,23,26)(H,24,25). The molecule has 1 aromatic carbocycles. The number of carbonyl (C=O) groups is 2. The van der Waals surface area contributed by atoms with E-state index in [1.54, 1.807) is 20.8 Å². The third-order valence-electron chi connectivity index (χ3n) is 4.42. The van der Waals surface area contributed by atoms with Crippen LogP contribution in [0.4, 0.5) is 5.69 Å². The van der Waals surface area contributed by atoms with Crippen molar-refractivity contribution >= 4 is 27.5 Å². The zero-order valence-electron chi connectivity index (χ0n) is 18.6. The van der Waals surface area contributed by atoms with Crippen molar-refractivity contribution < 1.29 is 18.0 Å². The van der Waals surface area contributed by atoms with Crippen LogP contribution in [0, 0.1) is 13.8 Å². The van der Waals surface area contributed by atoms with Crippen molar-refractivity contribution in [2.75, 3.05) is 11.9 Å². The summed E-state index contributed by atoms with van der Waals surface area (Å²) in [6, 6.07) is 3.68. The van der Waals surface area contributed by atoms with Gasteiger partial charge in [0, 0.05) is 30.3 Å². The lowest BCUT2D eigenvalue weighted by Crippen LogP contribution is -2.39. The summed E-state index contributed by atoms with van der Waals surface area (Å²) in [6.45, 7) is 12.7. The van der Waals surface area contributed by atoms with Crippen LogP contribution >= 0.6 is 0 Å². The highest BCUT2D eigenvalue weighted by Crippen LogP contribution is 2.22. The van der Waals surface area contributed by atoms with E-state index in [4.69, 9.17) is 0 Å². The summed E-state index contributed by atoms with van der Waals surface area (Å²) in [5.41, 5.74) is 2.78. The molecule has 29 heavy (non-hydrogen) atoms. The first-order valence-electron chi connectivity index (χ1n) is 9.96. The maximum Gasteiger partial charge on any atom is 0.251 e.